The highest BCUT2D eigenvalue weighted by Gasteiger charge is 2.28. The van der Waals surface area contributed by atoms with Gasteiger partial charge in [-0.2, -0.15) is 0 Å². The molecule has 0 aromatic rings. The van der Waals surface area contributed by atoms with Crippen LogP contribution in [0.2, 0.25) is 0 Å². The molecule has 0 fully saturated rings. The van der Waals surface area contributed by atoms with Crippen LogP contribution < -0.4 is 0 Å². The lowest BCUT2D eigenvalue weighted by atomic mass is 10.0. The third-order valence-electron chi connectivity index (χ3n) is 13.3. The number of aliphatic hydroxyl groups is 1. The lowest BCUT2D eigenvalue weighted by Crippen LogP contribution is -2.30. The number of carbonyl (C=O) groups is 3. The van der Waals surface area contributed by atoms with Gasteiger partial charge in [0.05, 0.1) is 19.8 Å². The fraction of sp³-hybridized carbons (Fsp3) is 0.742. The largest absolute Gasteiger partial charge is 0.472 e. The van der Waals surface area contributed by atoms with E-state index >= 15 is 0 Å². The van der Waals surface area contributed by atoms with E-state index in [1.165, 1.54) is 128 Å². The number of hydrogen-bond acceptors (Lipinski definition) is 10. The normalized spacial score (nSPS) is 13.9. The van der Waals surface area contributed by atoms with Gasteiger partial charge in [0, 0.05) is 19.3 Å². The number of phosphoric ester groups is 1. The number of carbonyl (C=O) groups excluding carboxylic acids is 3. The van der Waals surface area contributed by atoms with Gasteiger partial charge in [0.1, 0.15) is 12.7 Å². The van der Waals surface area contributed by atoms with Gasteiger partial charge in [0.15, 0.2) is 6.10 Å². The Balaban J connectivity index is 4.78. The Kier molecular flexibility index (Phi) is 57.2. The Morgan fingerprint density at radius 3 is 1.09 bits per heavy atom. The first-order valence-corrected chi connectivity index (χ1v) is 33.0. The topological polar surface area (TPSA) is 155 Å². The smallest absolute Gasteiger partial charge is 0.462 e. The highest BCUT2D eigenvalue weighted by Crippen LogP contribution is 2.43. The van der Waals surface area contributed by atoms with Crippen molar-refractivity contribution < 1.29 is 52.2 Å². The van der Waals surface area contributed by atoms with Crippen molar-refractivity contribution in [3.63, 3.8) is 0 Å². The van der Waals surface area contributed by atoms with Crippen molar-refractivity contribution in [1.82, 2.24) is 0 Å². The molecule has 0 rings (SSSR count). The van der Waals surface area contributed by atoms with E-state index in [9.17, 15) is 28.9 Å². The van der Waals surface area contributed by atoms with E-state index in [2.05, 4.69) is 99.8 Å². The minimum atomic E-state index is -4.77. The van der Waals surface area contributed by atoms with Crippen LogP contribution in [0, 0.1) is 0 Å². The van der Waals surface area contributed by atoms with E-state index in [-0.39, 0.29) is 25.9 Å². The minimum absolute atomic E-state index is 0.146. The first kappa shape index (κ1) is 74.7. The predicted molar refractivity (Wildman–Crippen MR) is 325 cm³/mol. The van der Waals surface area contributed by atoms with Crippen LogP contribution in [0.15, 0.2) is 85.1 Å². The number of esters is 3. The quantitative estimate of drug-likeness (QED) is 0.0197. The molecule has 0 radical (unpaired) electrons. The van der Waals surface area contributed by atoms with E-state index in [4.69, 9.17) is 23.3 Å². The lowest BCUT2D eigenvalue weighted by molar-refractivity contribution is -0.161. The monoisotopic (exact) mass is 1110 g/mol. The number of hydrogen-bond donors (Lipinski definition) is 2. The van der Waals surface area contributed by atoms with Crippen molar-refractivity contribution >= 4 is 25.7 Å². The number of ether oxygens (including phenoxy) is 3. The number of aliphatic hydroxyl groups excluding tert-OH is 1. The number of allylic oxidation sites excluding steroid dienone is 14. The second kappa shape index (κ2) is 59.8. The van der Waals surface area contributed by atoms with Crippen molar-refractivity contribution in [2.75, 3.05) is 26.4 Å². The van der Waals surface area contributed by atoms with Crippen LogP contribution in [-0.2, 0) is 42.2 Å². The first-order valence-electron chi connectivity index (χ1n) is 31.5. The molecule has 450 valence electrons. The Morgan fingerprint density at radius 2 is 0.679 bits per heavy atom. The Morgan fingerprint density at radius 1 is 0.372 bits per heavy atom. The fourth-order valence-electron chi connectivity index (χ4n) is 8.54. The molecule has 12 heteroatoms. The molecular formula is C66H115O11P. The third kappa shape index (κ3) is 57.3. The van der Waals surface area contributed by atoms with Crippen LogP contribution in [0.25, 0.3) is 0 Å². The Labute approximate surface area is 477 Å². The molecule has 3 unspecified atom stereocenters. The minimum Gasteiger partial charge on any atom is -0.462 e. The maximum Gasteiger partial charge on any atom is 0.472 e. The molecule has 0 amide bonds. The number of phosphoric acid groups is 1. The summed E-state index contributed by atoms with van der Waals surface area (Å²) < 4.78 is 39.6. The molecule has 0 aromatic carbocycles. The van der Waals surface area contributed by atoms with Crippen LogP contribution in [0.1, 0.15) is 278 Å². The molecule has 0 aromatic heterocycles. The maximum absolute atomic E-state index is 12.9. The highest BCUT2D eigenvalue weighted by atomic mass is 31.2. The summed E-state index contributed by atoms with van der Waals surface area (Å²) in [5.41, 5.74) is 0. The van der Waals surface area contributed by atoms with Crippen molar-refractivity contribution in [1.29, 1.82) is 0 Å². The molecule has 0 spiro atoms. The summed E-state index contributed by atoms with van der Waals surface area (Å²) in [7, 11) is -4.77. The molecule has 0 aliphatic heterocycles. The van der Waals surface area contributed by atoms with E-state index in [0.29, 0.717) is 25.7 Å². The van der Waals surface area contributed by atoms with Crippen molar-refractivity contribution in [3.8, 4) is 0 Å². The van der Waals surface area contributed by atoms with Crippen LogP contribution in [0.5, 0.6) is 0 Å². The molecule has 0 aliphatic rings. The van der Waals surface area contributed by atoms with Crippen LogP contribution in [0.3, 0.4) is 0 Å². The molecule has 0 bridgehead atoms. The van der Waals surface area contributed by atoms with Gasteiger partial charge in [-0.25, -0.2) is 4.57 Å². The van der Waals surface area contributed by atoms with Crippen molar-refractivity contribution in [3.05, 3.63) is 85.1 Å². The van der Waals surface area contributed by atoms with Crippen LogP contribution in [-0.4, -0.2) is 66.5 Å². The summed E-state index contributed by atoms with van der Waals surface area (Å²) in [6, 6.07) is 0. The second-order valence-electron chi connectivity index (χ2n) is 20.8. The molecular weight excluding hydrogens is 1000 g/mol. The van der Waals surface area contributed by atoms with Crippen molar-refractivity contribution in [2.24, 2.45) is 0 Å². The third-order valence-corrected chi connectivity index (χ3v) is 14.3. The zero-order chi connectivity index (χ0) is 56.9. The van der Waals surface area contributed by atoms with Gasteiger partial charge in [-0.05, 0) is 89.9 Å². The van der Waals surface area contributed by atoms with Gasteiger partial charge in [-0.1, -0.05) is 254 Å². The molecule has 0 aliphatic carbocycles. The number of unbranched alkanes of at least 4 members (excludes halogenated alkanes) is 27. The average Bonchev–Trinajstić information content (AvgIpc) is 3.43. The summed E-state index contributed by atoms with van der Waals surface area (Å²) in [5.74, 6) is -1.53. The molecule has 11 nitrogen and oxygen atoms in total. The van der Waals surface area contributed by atoms with Gasteiger partial charge >= 0.3 is 25.7 Å². The fourth-order valence-corrected chi connectivity index (χ4v) is 9.32. The van der Waals surface area contributed by atoms with Gasteiger partial charge in [0.2, 0.25) is 0 Å². The van der Waals surface area contributed by atoms with Gasteiger partial charge in [-0.3, -0.25) is 23.4 Å². The predicted octanol–water partition coefficient (Wildman–Crippen LogP) is 19.0. The molecule has 3 atom stereocenters. The average molecular weight is 1120 g/mol. The zero-order valence-electron chi connectivity index (χ0n) is 49.9. The summed E-state index contributed by atoms with van der Waals surface area (Å²) in [5, 5.41) is 9.84. The van der Waals surface area contributed by atoms with Gasteiger partial charge in [0.25, 0.3) is 0 Å². The van der Waals surface area contributed by atoms with E-state index in [0.717, 1.165) is 83.5 Å². The lowest BCUT2D eigenvalue weighted by Gasteiger charge is -2.21. The molecule has 2 N–H and O–H groups in total. The Bertz CT molecular complexity index is 1630. The van der Waals surface area contributed by atoms with Gasteiger partial charge < -0.3 is 24.2 Å². The van der Waals surface area contributed by atoms with Crippen molar-refractivity contribution in [2.45, 2.75) is 290 Å². The molecule has 0 saturated heterocycles. The van der Waals surface area contributed by atoms with E-state index in [1.54, 1.807) is 0 Å². The molecule has 78 heavy (non-hydrogen) atoms. The second-order valence-corrected chi connectivity index (χ2v) is 22.3. The summed E-state index contributed by atoms with van der Waals surface area (Å²) in [6.07, 6.45) is 69.7. The molecule has 0 heterocycles. The first-order chi connectivity index (χ1) is 38.2. The van der Waals surface area contributed by atoms with Crippen LogP contribution >= 0.6 is 7.82 Å². The van der Waals surface area contributed by atoms with E-state index in [1.807, 2.05) is 6.08 Å². The SMILES string of the molecule is CC/C=C\C/C=C\C/C=C\C/C=C\C/C=C\CCCC(=O)OCC(COP(=O)(O)OCC(CO)OC(=O)CCCCCCCCCCCCCCCCC)OC(=O)CCCCCCCCCCC/C=C\C/C=C\CCCCC. The van der Waals surface area contributed by atoms with E-state index < -0.39 is 57.8 Å². The van der Waals surface area contributed by atoms with Gasteiger partial charge in [-0.15, -0.1) is 0 Å². The summed E-state index contributed by atoms with van der Waals surface area (Å²) in [6.45, 7) is 4.48. The Hall–Kier alpha value is -3.34. The standard InChI is InChI=1S/C66H115O11P/c1-4-7-10-13-16-19-22-25-28-30-31-33-36-39-42-45-48-51-54-57-66(70)77-63(59-73-64(68)55-52-49-46-43-40-37-35-32-29-26-23-20-17-14-11-8-5-2)61-75-78(71,72)74-60-62(58-67)76-65(69)56-53-50-47-44-41-38-34-27-24-21-18-15-12-9-6-3/h8,11,16-17,19-20,25-26,28-29,35,37,43,46,62-63,67H,4-7,9-10,12-15,18,21-24,27,30-34,36,38-42,44-45,47-61H2,1-3H3,(H,71,72)/b11-8-,19-16-,20-17-,28-25-,29-26-,37-35-,46-43-. The summed E-state index contributed by atoms with van der Waals surface area (Å²) >= 11 is 0. The zero-order valence-corrected chi connectivity index (χ0v) is 50.8. The van der Waals surface area contributed by atoms with Crippen LogP contribution in [0.4, 0.5) is 0 Å². The highest BCUT2D eigenvalue weighted by molar-refractivity contribution is 7.47. The summed E-state index contributed by atoms with van der Waals surface area (Å²) in [4.78, 5) is 48.7. The molecule has 0 saturated carbocycles. The maximum atomic E-state index is 12.9. The number of rotatable bonds is 58.